The monoisotopic (exact) mass is 258 g/mol. The second-order valence-corrected chi connectivity index (χ2v) is 4.09. The van der Waals surface area contributed by atoms with E-state index in [9.17, 15) is 14.0 Å². The van der Waals surface area contributed by atoms with Gasteiger partial charge in [-0.05, 0) is 17.7 Å². The Labute approximate surface area is 109 Å². The molecule has 3 nitrogen and oxygen atoms in total. The van der Waals surface area contributed by atoms with Crippen molar-refractivity contribution in [3.8, 4) is 0 Å². The lowest BCUT2D eigenvalue weighted by molar-refractivity contribution is 0.0691. The van der Waals surface area contributed by atoms with Gasteiger partial charge in [0.25, 0.3) is 0 Å². The fourth-order valence-corrected chi connectivity index (χ4v) is 1.76. The molecule has 0 heterocycles. The van der Waals surface area contributed by atoms with Gasteiger partial charge in [-0.1, -0.05) is 36.4 Å². The van der Waals surface area contributed by atoms with Gasteiger partial charge in [-0.2, -0.15) is 0 Å². The topological polar surface area (TPSA) is 54.4 Å². The minimum absolute atomic E-state index is 0.0462. The lowest BCUT2D eigenvalue weighted by Crippen LogP contribution is -2.06. The van der Waals surface area contributed by atoms with E-state index < -0.39 is 17.3 Å². The average molecular weight is 258 g/mol. The number of carboxylic acids is 1. The molecule has 0 aliphatic heterocycles. The molecule has 0 fully saturated rings. The molecule has 0 spiro atoms. The first-order valence-corrected chi connectivity index (χ1v) is 5.68. The fourth-order valence-electron chi connectivity index (χ4n) is 1.76. The Kier molecular flexibility index (Phi) is 3.71. The molecule has 2 aromatic rings. The molecular formula is C15H11FO3. The number of halogens is 1. The van der Waals surface area contributed by atoms with E-state index in [1.165, 1.54) is 12.1 Å². The summed E-state index contributed by atoms with van der Waals surface area (Å²) >= 11 is 0. The van der Waals surface area contributed by atoms with E-state index in [0.717, 1.165) is 6.07 Å². The molecule has 0 bridgehead atoms. The number of hydrogen-bond acceptors (Lipinski definition) is 2. The van der Waals surface area contributed by atoms with Gasteiger partial charge in [0.05, 0.1) is 5.56 Å². The molecule has 0 aliphatic rings. The summed E-state index contributed by atoms with van der Waals surface area (Å²) in [5, 5.41) is 8.82. The first kappa shape index (κ1) is 13.0. The Hall–Kier alpha value is -2.49. The van der Waals surface area contributed by atoms with Crippen molar-refractivity contribution in [3.63, 3.8) is 0 Å². The predicted molar refractivity (Wildman–Crippen MR) is 67.8 cm³/mol. The van der Waals surface area contributed by atoms with Gasteiger partial charge in [-0.15, -0.1) is 0 Å². The van der Waals surface area contributed by atoms with E-state index >= 15 is 0 Å². The number of ketones is 1. The van der Waals surface area contributed by atoms with Gasteiger partial charge in [0.1, 0.15) is 5.82 Å². The number of hydrogen-bond donors (Lipinski definition) is 1. The molecule has 0 aromatic heterocycles. The highest BCUT2D eigenvalue weighted by Crippen LogP contribution is 2.13. The van der Waals surface area contributed by atoms with Gasteiger partial charge in [-0.25, -0.2) is 9.18 Å². The normalized spacial score (nSPS) is 10.2. The molecule has 0 saturated heterocycles. The van der Waals surface area contributed by atoms with E-state index in [-0.39, 0.29) is 12.2 Å². The van der Waals surface area contributed by atoms with Crippen LogP contribution in [0.15, 0.2) is 48.5 Å². The Bertz CT molecular complexity index is 621. The second kappa shape index (κ2) is 5.44. The Morgan fingerprint density at radius 1 is 1.05 bits per heavy atom. The zero-order valence-electron chi connectivity index (χ0n) is 9.97. The zero-order valence-corrected chi connectivity index (χ0v) is 9.97. The number of aromatic carboxylic acids is 1. The Morgan fingerprint density at radius 3 is 2.37 bits per heavy atom. The first-order chi connectivity index (χ1) is 9.08. The maximum absolute atomic E-state index is 13.2. The van der Waals surface area contributed by atoms with Crippen molar-refractivity contribution >= 4 is 11.8 Å². The summed E-state index contributed by atoms with van der Waals surface area (Å²) in [6, 6.07) is 12.4. The van der Waals surface area contributed by atoms with Crippen LogP contribution in [0.4, 0.5) is 4.39 Å². The maximum Gasteiger partial charge on any atom is 0.338 e. The average Bonchev–Trinajstić information content (AvgIpc) is 2.41. The van der Waals surface area contributed by atoms with Gasteiger partial charge in [-0.3, -0.25) is 4.79 Å². The largest absolute Gasteiger partial charge is 0.478 e. The summed E-state index contributed by atoms with van der Waals surface area (Å²) in [6.45, 7) is 0. The highest BCUT2D eigenvalue weighted by Gasteiger charge is 2.13. The summed E-state index contributed by atoms with van der Waals surface area (Å²) in [5.41, 5.74) is 0.606. The van der Waals surface area contributed by atoms with Crippen LogP contribution in [0.5, 0.6) is 0 Å². The molecule has 19 heavy (non-hydrogen) atoms. The van der Waals surface area contributed by atoms with E-state index in [0.29, 0.717) is 11.1 Å². The highest BCUT2D eigenvalue weighted by atomic mass is 19.1. The van der Waals surface area contributed by atoms with Crippen LogP contribution in [0, 0.1) is 5.82 Å². The minimum atomic E-state index is -1.34. The standard InChI is InChI=1S/C15H11FO3/c16-13-7-6-10(8-12(13)15(18)19)9-14(17)11-4-2-1-3-5-11/h1-8H,9H2,(H,18,19). The molecular weight excluding hydrogens is 247 g/mol. The van der Waals surface area contributed by atoms with Crippen LogP contribution in [0.3, 0.4) is 0 Å². The quantitative estimate of drug-likeness (QED) is 0.858. The minimum Gasteiger partial charge on any atom is -0.478 e. The van der Waals surface area contributed by atoms with Gasteiger partial charge in [0, 0.05) is 12.0 Å². The van der Waals surface area contributed by atoms with Gasteiger partial charge in [0.2, 0.25) is 0 Å². The smallest absolute Gasteiger partial charge is 0.338 e. The van der Waals surface area contributed by atoms with Gasteiger partial charge >= 0.3 is 5.97 Å². The summed E-state index contributed by atoms with van der Waals surface area (Å²) in [6.07, 6.45) is 0.0462. The van der Waals surface area contributed by atoms with Crippen molar-refractivity contribution < 1.29 is 19.1 Å². The number of rotatable bonds is 4. The molecule has 0 aliphatic carbocycles. The lowest BCUT2D eigenvalue weighted by Gasteiger charge is -2.04. The van der Waals surface area contributed by atoms with E-state index in [4.69, 9.17) is 5.11 Å². The van der Waals surface area contributed by atoms with Crippen LogP contribution < -0.4 is 0 Å². The fraction of sp³-hybridized carbons (Fsp3) is 0.0667. The number of carbonyl (C=O) groups excluding carboxylic acids is 1. The molecule has 0 radical (unpaired) electrons. The molecule has 1 N–H and O–H groups in total. The van der Waals surface area contributed by atoms with E-state index in [1.54, 1.807) is 30.3 Å². The van der Waals surface area contributed by atoms with Gasteiger partial charge in [0.15, 0.2) is 5.78 Å². The first-order valence-electron chi connectivity index (χ1n) is 5.68. The number of Topliss-reactive ketones (excluding diaryl/α,β-unsaturated/α-hetero) is 1. The molecule has 96 valence electrons. The van der Waals surface area contributed by atoms with Crippen LogP contribution >= 0.6 is 0 Å². The molecule has 4 heteroatoms. The zero-order chi connectivity index (χ0) is 13.8. The lowest BCUT2D eigenvalue weighted by atomic mass is 10.0. The molecule has 0 unspecified atom stereocenters. The predicted octanol–water partition coefficient (Wildman–Crippen LogP) is 2.95. The van der Waals surface area contributed by atoms with Crippen LogP contribution in [-0.2, 0) is 6.42 Å². The highest BCUT2D eigenvalue weighted by molar-refractivity contribution is 5.97. The summed E-state index contributed by atoms with van der Waals surface area (Å²) < 4.78 is 13.2. The molecule has 0 atom stereocenters. The SMILES string of the molecule is O=C(Cc1ccc(F)c(C(=O)O)c1)c1ccccc1. The van der Waals surface area contributed by atoms with Crippen LogP contribution in [0.25, 0.3) is 0 Å². The van der Waals surface area contributed by atoms with Crippen molar-refractivity contribution in [2.45, 2.75) is 6.42 Å². The number of carbonyl (C=O) groups is 2. The third-order valence-corrected chi connectivity index (χ3v) is 2.72. The summed E-state index contributed by atoms with van der Waals surface area (Å²) in [5.74, 6) is -2.28. The van der Waals surface area contributed by atoms with Gasteiger partial charge < -0.3 is 5.11 Å². The number of benzene rings is 2. The van der Waals surface area contributed by atoms with Crippen LogP contribution in [0.1, 0.15) is 26.3 Å². The molecule has 0 saturated carbocycles. The van der Waals surface area contributed by atoms with E-state index in [1.807, 2.05) is 0 Å². The summed E-state index contributed by atoms with van der Waals surface area (Å²) in [4.78, 5) is 22.7. The third kappa shape index (κ3) is 3.04. The van der Waals surface area contributed by atoms with Crippen molar-refractivity contribution in [3.05, 3.63) is 71.0 Å². The van der Waals surface area contributed by atoms with Crippen molar-refractivity contribution in [2.24, 2.45) is 0 Å². The van der Waals surface area contributed by atoms with Crippen molar-refractivity contribution in [1.29, 1.82) is 0 Å². The second-order valence-electron chi connectivity index (χ2n) is 4.09. The number of carboxylic acid groups (broad SMARTS) is 1. The maximum atomic E-state index is 13.2. The summed E-state index contributed by atoms with van der Waals surface area (Å²) in [7, 11) is 0. The van der Waals surface area contributed by atoms with Crippen LogP contribution in [0.2, 0.25) is 0 Å². The van der Waals surface area contributed by atoms with E-state index in [2.05, 4.69) is 0 Å². The van der Waals surface area contributed by atoms with Crippen LogP contribution in [-0.4, -0.2) is 16.9 Å². The molecule has 2 rings (SSSR count). The van der Waals surface area contributed by atoms with Crippen molar-refractivity contribution in [2.75, 3.05) is 0 Å². The molecule has 2 aromatic carbocycles. The molecule has 0 amide bonds. The third-order valence-electron chi connectivity index (χ3n) is 2.72. The Morgan fingerprint density at radius 2 is 1.74 bits per heavy atom. The Balaban J connectivity index is 2.23. The van der Waals surface area contributed by atoms with Crippen molar-refractivity contribution in [1.82, 2.24) is 0 Å².